The van der Waals surface area contributed by atoms with Crippen LogP contribution in [-0.4, -0.2) is 86.9 Å². The number of ketones is 3. The van der Waals surface area contributed by atoms with Gasteiger partial charge in [0.1, 0.15) is 17.3 Å². The van der Waals surface area contributed by atoms with Gasteiger partial charge in [0.05, 0.1) is 51.5 Å². The first-order valence-corrected chi connectivity index (χ1v) is 13.6. The summed E-state index contributed by atoms with van der Waals surface area (Å²) in [5.74, 6) is 0.703. The van der Waals surface area contributed by atoms with Gasteiger partial charge in [-0.05, 0) is 25.0 Å². The lowest BCUT2D eigenvalue weighted by atomic mass is 10.1. The largest absolute Gasteiger partial charge is 0.379 e. The molecule has 0 aromatic carbocycles. The van der Waals surface area contributed by atoms with Gasteiger partial charge in [-0.3, -0.25) is 14.4 Å². The fraction of sp³-hybridized carbons (Fsp3) is 0.846. The van der Waals surface area contributed by atoms with Crippen molar-refractivity contribution in [3.05, 3.63) is 0 Å². The smallest absolute Gasteiger partial charge is 0.373 e. The molecule has 36 heavy (non-hydrogen) atoms. The molecule has 1 unspecified atom stereocenters. The van der Waals surface area contributed by atoms with Crippen LogP contribution >= 0.6 is 11.8 Å². The zero-order valence-corrected chi connectivity index (χ0v) is 23.5. The van der Waals surface area contributed by atoms with E-state index in [-0.39, 0.29) is 34.7 Å². The van der Waals surface area contributed by atoms with Crippen molar-refractivity contribution in [2.75, 3.05) is 52.9 Å². The average molecular weight is 535 g/mol. The van der Waals surface area contributed by atoms with Gasteiger partial charge in [0, 0.05) is 38.2 Å². The van der Waals surface area contributed by atoms with Crippen molar-refractivity contribution in [2.24, 2.45) is 5.92 Å². The van der Waals surface area contributed by atoms with Crippen LogP contribution < -0.4 is 0 Å². The van der Waals surface area contributed by atoms with Crippen molar-refractivity contribution in [3.8, 4) is 0 Å². The Bertz CT molecular complexity index is 602. The van der Waals surface area contributed by atoms with Crippen LogP contribution in [0.3, 0.4) is 0 Å². The summed E-state index contributed by atoms with van der Waals surface area (Å²) < 4.78 is 21.7. The molecular weight excluding hydrogens is 488 g/mol. The molecule has 0 amide bonds. The quantitative estimate of drug-likeness (QED) is 0.169. The van der Waals surface area contributed by atoms with E-state index in [1.54, 1.807) is 11.8 Å². The maximum Gasteiger partial charge on any atom is 0.373 e. The van der Waals surface area contributed by atoms with E-state index in [0.717, 1.165) is 0 Å². The summed E-state index contributed by atoms with van der Waals surface area (Å²) in [5.41, 5.74) is 0. The van der Waals surface area contributed by atoms with Crippen molar-refractivity contribution in [3.63, 3.8) is 0 Å². The summed E-state index contributed by atoms with van der Waals surface area (Å²) >= 11 is 1.67. The normalized spacial score (nSPS) is 11.6. The number of hydrogen-bond donors (Lipinski definition) is 0. The third-order valence-corrected chi connectivity index (χ3v) is 6.02. The predicted molar refractivity (Wildman–Crippen MR) is 138 cm³/mol. The highest BCUT2D eigenvalue weighted by Gasteiger charge is 2.15. The van der Waals surface area contributed by atoms with Crippen LogP contribution in [0.1, 0.15) is 73.1 Å². The van der Waals surface area contributed by atoms with Crippen LogP contribution in [0.25, 0.3) is 0 Å². The minimum Gasteiger partial charge on any atom is -0.379 e. The number of carbonyl (C=O) groups excluding carboxylic acids is 5. The second kappa shape index (κ2) is 26.6. The van der Waals surface area contributed by atoms with Crippen LogP contribution in [-0.2, 0) is 42.9 Å². The topological polar surface area (TPSA) is 122 Å². The average Bonchev–Trinajstić information content (AvgIpc) is 2.81. The summed E-state index contributed by atoms with van der Waals surface area (Å²) in [5, 5.41) is 0.446. The van der Waals surface area contributed by atoms with E-state index in [2.05, 4.69) is 13.8 Å². The third kappa shape index (κ3) is 27.2. The van der Waals surface area contributed by atoms with Crippen molar-refractivity contribution in [2.45, 2.75) is 83.6 Å². The van der Waals surface area contributed by atoms with Crippen molar-refractivity contribution in [1.82, 2.24) is 0 Å². The maximum atomic E-state index is 12.0. The molecule has 0 aliphatic carbocycles. The van der Waals surface area contributed by atoms with E-state index in [4.69, 9.17) is 28.5 Å². The molecule has 1 atom stereocenters. The fourth-order valence-electron chi connectivity index (χ4n) is 2.87. The number of Topliss-reactive ketones (excluding diaryl/α,β-unsaturated/α-hetero) is 3. The van der Waals surface area contributed by atoms with Gasteiger partial charge in [0.25, 0.3) is 0 Å². The van der Waals surface area contributed by atoms with Crippen molar-refractivity contribution in [1.29, 1.82) is 0 Å². The van der Waals surface area contributed by atoms with Gasteiger partial charge in [-0.2, -0.15) is 9.59 Å². The van der Waals surface area contributed by atoms with Gasteiger partial charge in [0.15, 0.2) is 0 Å². The van der Waals surface area contributed by atoms with Crippen LogP contribution in [0, 0.1) is 5.92 Å². The summed E-state index contributed by atoms with van der Waals surface area (Å²) in [6.07, 6.45) is 3.48. The van der Waals surface area contributed by atoms with Crippen LogP contribution in [0.15, 0.2) is 0 Å². The molecule has 9 nitrogen and oxygen atoms in total. The van der Waals surface area contributed by atoms with Gasteiger partial charge in [0.2, 0.25) is 0 Å². The Balaban J connectivity index is 0. The van der Waals surface area contributed by atoms with E-state index in [1.165, 1.54) is 0 Å². The number of ether oxygens (including phenoxy) is 4. The number of thioether (sulfide) groups is 1. The maximum absolute atomic E-state index is 12.0. The molecular formula is C26H46O9S. The van der Waals surface area contributed by atoms with Crippen molar-refractivity contribution >= 4 is 35.3 Å². The van der Waals surface area contributed by atoms with Gasteiger partial charge >= 0.3 is 6.15 Å². The third-order valence-electron chi connectivity index (χ3n) is 4.81. The molecule has 0 bridgehead atoms. The minimum atomic E-state index is 0.00812. The first kappa shape index (κ1) is 36.7. The SMILES string of the molecule is CC(C)SC(C)C(=O)CCCC(=O)CCCOCCOCCOCCOCCC(=O)C(C)C.O=C=O. The number of rotatable bonds is 24. The standard InChI is InChI=1S/C25H46O7S.CO2/c1-20(2)24(27)11-13-30-15-17-32-19-18-31-16-14-29-12-7-9-23(26)8-6-10-25(28)22(5)33-21(3)4;2-1-3/h20-22H,6-19H2,1-5H3;. The van der Waals surface area contributed by atoms with Crippen LogP contribution in [0.2, 0.25) is 0 Å². The second-order valence-electron chi connectivity index (χ2n) is 8.69. The predicted octanol–water partition coefficient (Wildman–Crippen LogP) is 3.70. The minimum absolute atomic E-state index is 0.00812. The van der Waals surface area contributed by atoms with E-state index < -0.39 is 0 Å². The van der Waals surface area contributed by atoms with E-state index in [1.807, 2.05) is 20.8 Å². The molecule has 0 heterocycles. The molecule has 210 valence electrons. The zero-order chi connectivity index (χ0) is 27.6. The lowest BCUT2D eigenvalue weighted by Crippen LogP contribution is -2.15. The molecule has 0 N–H and O–H groups in total. The molecule has 0 radical (unpaired) electrons. The molecule has 0 rings (SSSR count). The molecule has 0 fully saturated rings. The number of carbonyl (C=O) groups is 3. The molecule has 0 aliphatic heterocycles. The Hall–Kier alpha value is -1.42. The summed E-state index contributed by atoms with van der Waals surface area (Å²) in [4.78, 5) is 51.6. The Morgan fingerprint density at radius 3 is 1.53 bits per heavy atom. The lowest BCUT2D eigenvalue weighted by Gasteiger charge is -2.12. The number of hydrogen-bond acceptors (Lipinski definition) is 10. The summed E-state index contributed by atoms with van der Waals surface area (Å²) in [6, 6.07) is 0. The van der Waals surface area contributed by atoms with Gasteiger partial charge in [-0.15, -0.1) is 11.8 Å². The monoisotopic (exact) mass is 534 g/mol. The first-order valence-electron chi connectivity index (χ1n) is 12.7. The highest BCUT2D eigenvalue weighted by Crippen LogP contribution is 2.19. The molecule has 0 saturated carbocycles. The van der Waals surface area contributed by atoms with Crippen LogP contribution in [0.5, 0.6) is 0 Å². The summed E-state index contributed by atoms with van der Waals surface area (Å²) in [6.45, 7) is 13.8. The second-order valence-corrected chi connectivity index (χ2v) is 10.6. The molecule has 0 aromatic rings. The van der Waals surface area contributed by atoms with Gasteiger partial charge < -0.3 is 18.9 Å². The molecule has 0 saturated heterocycles. The molecule has 0 aromatic heterocycles. The molecule has 0 aliphatic rings. The van der Waals surface area contributed by atoms with Gasteiger partial charge in [-0.25, -0.2) is 0 Å². The van der Waals surface area contributed by atoms with E-state index in [9.17, 15) is 14.4 Å². The Kier molecular flexibility index (Phi) is 27.2. The van der Waals surface area contributed by atoms with Crippen molar-refractivity contribution < 1.29 is 42.9 Å². The van der Waals surface area contributed by atoms with E-state index in [0.29, 0.717) is 96.6 Å². The van der Waals surface area contributed by atoms with Gasteiger partial charge in [-0.1, -0.05) is 27.7 Å². The molecule has 0 spiro atoms. The Morgan fingerprint density at radius 2 is 1.06 bits per heavy atom. The lowest BCUT2D eigenvalue weighted by molar-refractivity contribution is -0.191. The zero-order valence-electron chi connectivity index (χ0n) is 22.7. The fourth-order valence-corrected chi connectivity index (χ4v) is 3.95. The Labute approximate surface area is 220 Å². The molecule has 10 heteroatoms. The van der Waals surface area contributed by atoms with Crippen LogP contribution in [0.4, 0.5) is 0 Å². The Morgan fingerprint density at radius 1 is 0.611 bits per heavy atom. The highest BCUT2D eigenvalue weighted by atomic mass is 32.2. The van der Waals surface area contributed by atoms with E-state index >= 15 is 0 Å². The first-order chi connectivity index (χ1) is 17.1. The summed E-state index contributed by atoms with van der Waals surface area (Å²) in [7, 11) is 0. The highest BCUT2D eigenvalue weighted by molar-refractivity contribution is 8.01.